The fourth-order valence-electron chi connectivity index (χ4n) is 8.05. The number of fused-ring (bicyclic) bond motifs is 4. The van der Waals surface area contributed by atoms with Gasteiger partial charge in [-0.05, 0) is 57.2 Å². The predicted octanol–water partition coefficient (Wildman–Crippen LogP) is 5.19. The molecule has 2 saturated carbocycles. The van der Waals surface area contributed by atoms with Crippen LogP contribution in [0.4, 0.5) is 11.4 Å². The van der Waals surface area contributed by atoms with E-state index in [0.717, 1.165) is 13.1 Å². The highest BCUT2D eigenvalue weighted by molar-refractivity contribution is 6.04. The van der Waals surface area contributed by atoms with Gasteiger partial charge in [0, 0.05) is 41.1 Å². The summed E-state index contributed by atoms with van der Waals surface area (Å²) in [6.45, 7) is 6.69. The zero-order chi connectivity index (χ0) is 23.9. The number of benzene rings is 2. The summed E-state index contributed by atoms with van der Waals surface area (Å²) < 4.78 is 2.60. The van der Waals surface area contributed by atoms with Crippen LogP contribution in [0.25, 0.3) is 0 Å². The van der Waals surface area contributed by atoms with Gasteiger partial charge < -0.3 is 28.9 Å². The number of hydrogen-bond donors (Lipinski definition) is 0. The lowest BCUT2D eigenvalue weighted by atomic mass is 9.67. The molecule has 2 nitrogen and oxygen atoms in total. The molecule has 3 heteroatoms. The van der Waals surface area contributed by atoms with Crippen molar-refractivity contribution in [2.24, 2.45) is 0 Å². The number of anilines is 1. The lowest BCUT2D eigenvalue weighted by Crippen LogP contribution is -3.00. The van der Waals surface area contributed by atoms with Gasteiger partial charge in [0.1, 0.15) is 6.54 Å². The van der Waals surface area contributed by atoms with E-state index >= 15 is 0 Å². The fraction of sp³-hybridized carbons (Fsp3) is 0.485. The van der Waals surface area contributed by atoms with Crippen molar-refractivity contribution >= 4 is 17.1 Å². The van der Waals surface area contributed by atoms with Gasteiger partial charge in [-0.2, -0.15) is 4.58 Å². The number of para-hydroxylation sites is 2. The first kappa shape index (κ1) is 25.8. The molecule has 0 amide bonds. The number of allylic oxidation sites excluding steroid dienone is 4. The van der Waals surface area contributed by atoms with Crippen LogP contribution < -0.4 is 28.9 Å². The van der Waals surface area contributed by atoms with Crippen molar-refractivity contribution in [3.8, 4) is 0 Å². The average molecular weight is 593 g/mol. The van der Waals surface area contributed by atoms with E-state index in [1.54, 1.807) is 11.1 Å². The molecule has 36 heavy (non-hydrogen) atoms. The van der Waals surface area contributed by atoms with Crippen molar-refractivity contribution in [1.29, 1.82) is 0 Å². The summed E-state index contributed by atoms with van der Waals surface area (Å²) in [5.74, 6) is 0. The molecule has 2 aromatic rings. The Kier molecular flexibility index (Phi) is 7.49. The summed E-state index contributed by atoms with van der Waals surface area (Å²) in [7, 11) is 0. The summed E-state index contributed by atoms with van der Waals surface area (Å²) in [6.07, 6.45) is 20.7. The SMILES string of the molecule is CCN1/C(=C\C=C\C2=[N+](CC)c3ccccc3C23CCCCC3)C2(CCCCC2)c2ccccc21.[I-]. The smallest absolute Gasteiger partial charge is 0.209 e. The van der Waals surface area contributed by atoms with E-state index in [-0.39, 0.29) is 34.8 Å². The standard InChI is InChI=1S/C33H41N2.HI/c1-3-34-28-18-9-7-16-26(28)32(22-11-5-12-23-32)30(34)20-15-21-31-33(24-13-6-14-25-33)27-17-8-10-19-29(27)35(31)4-2;/h7-10,15-21H,3-6,11-14,22-25H2,1-2H3;1H/q+1;/p-1. The molecule has 2 aliphatic carbocycles. The number of rotatable bonds is 4. The van der Waals surface area contributed by atoms with Crippen LogP contribution in [0, 0.1) is 0 Å². The van der Waals surface area contributed by atoms with Crippen molar-refractivity contribution in [2.45, 2.75) is 88.9 Å². The molecule has 0 saturated heterocycles. The van der Waals surface area contributed by atoms with Crippen molar-refractivity contribution in [1.82, 2.24) is 0 Å². The lowest BCUT2D eigenvalue weighted by Gasteiger charge is -2.37. The van der Waals surface area contributed by atoms with Crippen molar-refractivity contribution in [3.63, 3.8) is 0 Å². The minimum atomic E-state index is 0. The van der Waals surface area contributed by atoms with Gasteiger partial charge in [0.25, 0.3) is 0 Å². The summed E-state index contributed by atoms with van der Waals surface area (Å²) in [6, 6.07) is 18.4. The zero-order valence-electron chi connectivity index (χ0n) is 22.1. The summed E-state index contributed by atoms with van der Waals surface area (Å²) in [5.41, 5.74) is 9.50. The van der Waals surface area contributed by atoms with E-state index in [4.69, 9.17) is 0 Å². The van der Waals surface area contributed by atoms with E-state index < -0.39 is 0 Å². The average Bonchev–Trinajstić information content (AvgIpc) is 3.31. The highest BCUT2D eigenvalue weighted by Crippen LogP contribution is 2.55. The second-order valence-corrected chi connectivity index (χ2v) is 11.1. The Balaban J connectivity index is 0.00000267. The third-order valence-corrected chi connectivity index (χ3v) is 9.54. The normalized spacial score (nSPS) is 22.9. The predicted molar refractivity (Wildman–Crippen MR) is 148 cm³/mol. The Morgan fingerprint density at radius 1 is 0.778 bits per heavy atom. The minimum Gasteiger partial charge on any atom is -1.00 e. The van der Waals surface area contributed by atoms with Crippen LogP contribution >= 0.6 is 0 Å². The molecule has 0 radical (unpaired) electrons. The van der Waals surface area contributed by atoms with Gasteiger partial charge in [-0.3, -0.25) is 0 Å². The van der Waals surface area contributed by atoms with Crippen molar-refractivity contribution in [2.75, 3.05) is 18.0 Å². The van der Waals surface area contributed by atoms with Gasteiger partial charge in [-0.25, -0.2) is 0 Å². The van der Waals surface area contributed by atoms with Crippen LogP contribution in [0.3, 0.4) is 0 Å². The first-order chi connectivity index (χ1) is 17.2. The molecule has 2 fully saturated rings. The zero-order valence-corrected chi connectivity index (χ0v) is 24.3. The molecule has 2 spiro atoms. The second kappa shape index (κ2) is 10.5. The summed E-state index contributed by atoms with van der Waals surface area (Å²) >= 11 is 0. The van der Waals surface area contributed by atoms with Gasteiger partial charge in [-0.15, -0.1) is 0 Å². The molecule has 4 aliphatic rings. The molecule has 190 valence electrons. The van der Waals surface area contributed by atoms with Crippen LogP contribution in [0.2, 0.25) is 0 Å². The largest absolute Gasteiger partial charge is 1.00 e. The molecular weight excluding hydrogens is 551 g/mol. The third-order valence-electron chi connectivity index (χ3n) is 9.54. The van der Waals surface area contributed by atoms with Crippen LogP contribution in [0.5, 0.6) is 0 Å². The monoisotopic (exact) mass is 592 g/mol. The van der Waals surface area contributed by atoms with Crippen LogP contribution in [-0.2, 0) is 10.8 Å². The number of hydrogen-bond acceptors (Lipinski definition) is 1. The number of halogens is 1. The Hall–Kier alpha value is -1.88. The van der Waals surface area contributed by atoms with E-state index in [0.29, 0.717) is 0 Å². The third kappa shape index (κ3) is 3.83. The quantitative estimate of drug-likeness (QED) is 0.350. The maximum atomic E-state index is 2.60. The van der Waals surface area contributed by atoms with E-state index in [1.807, 2.05) is 0 Å². The van der Waals surface area contributed by atoms with E-state index in [1.165, 1.54) is 87.0 Å². The van der Waals surface area contributed by atoms with E-state index in [2.05, 4.69) is 90.1 Å². The van der Waals surface area contributed by atoms with Crippen molar-refractivity contribution in [3.05, 3.63) is 83.6 Å². The van der Waals surface area contributed by atoms with Crippen LogP contribution in [-0.4, -0.2) is 23.4 Å². The molecule has 0 atom stereocenters. The first-order valence-corrected chi connectivity index (χ1v) is 14.3. The van der Waals surface area contributed by atoms with Crippen LogP contribution in [0.1, 0.15) is 89.2 Å². The molecule has 2 aliphatic heterocycles. The summed E-state index contributed by atoms with van der Waals surface area (Å²) in [4.78, 5) is 2.60. The first-order valence-electron chi connectivity index (χ1n) is 14.3. The van der Waals surface area contributed by atoms with Crippen LogP contribution in [0.15, 0.2) is 72.5 Å². The molecule has 0 aromatic heterocycles. The van der Waals surface area contributed by atoms with Crippen molar-refractivity contribution < 1.29 is 28.6 Å². The van der Waals surface area contributed by atoms with Gasteiger partial charge in [0.15, 0.2) is 5.71 Å². The fourth-order valence-corrected chi connectivity index (χ4v) is 8.05. The molecule has 0 N–H and O–H groups in total. The topological polar surface area (TPSA) is 6.25 Å². The molecule has 0 bridgehead atoms. The Bertz CT molecular complexity index is 1190. The Morgan fingerprint density at radius 3 is 2.06 bits per heavy atom. The Labute approximate surface area is 235 Å². The molecular formula is C33H41IN2. The maximum absolute atomic E-state index is 2.60. The molecule has 2 heterocycles. The van der Waals surface area contributed by atoms with Gasteiger partial charge >= 0.3 is 0 Å². The highest BCUT2D eigenvalue weighted by Gasteiger charge is 2.51. The molecule has 0 unspecified atom stereocenters. The maximum Gasteiger partial charge on any atom is 0.209 e. The Morgan fingerprint density at radius 2 is 1.39 bits per heavy atom. The van der Waals surface area contributed by atoms with E-state index in [9.17, 15) is 0 Å². The minimum absolute atomic E-state index is 0. The summed E-state index contributed by atoms with van der Waals surface area (Å²) in [5, 5.41) is 0. The molecule has 6 rings (SSSR count). The highest BCUT2D eigenvalue weighted by atomic mass is 127. The van der Waals surface area contributed by atoms with Gasteiger partial charge in [-0.1, -0.05) is 81.0 Å². The van der Waals surface area contributed by atoms with Gasteiger partial charge in [0.2, 0.25) is 5.69 Å². The number of likely N-dealkylation sites (N-methyl/N-ethyl adjacent to an activating group) is 1. The second-order valence-electron chi connectivity index (χ2n) is 11.1. The number of nitrogens with zero attached hydrogens (tertiary/aromatic N) is 2. The lowest BCUT2D eigenvalue weighted by molar-refractivity contribution is -0.433. The van der Waals surface area contributed by atoms with Gasteiger partial charge in [0.05, 0.1) is 5.41 Å². The molecule has 2 aromatic carbocycles.